The van der Waals surface area contributed by atoms with E-state index < -0.39 is 0 Å². The van der Waals surface area contributed by atoms with Gasteiger partial charge >= 0.3 is 0 Å². The molecule has 0 saturated carbocycles. The van der Waals surface area contributed by atoms with Gasteiger partial charge < -0.3 is 10.0 Å². The molecule has 102 valence electrons. The number of phenolic OH excluding ortho intramolecular Hbond substituents is 1. The fourth-order valence-electron chi connectivity index (χ4n) is 2.87. The Hall–Kier alpha value is -1.16. The average Bonchev–Trinajstić information content (AvgIpc) is 2.46. The quantitative estimate of drug-likeness (QED) is 0.857. The van der Waals surface area contributed by atoms with Gasteiger partial charge in [0.15, 0.2) is 0 Å². The molecule has 0 aliphatic carbocycles. The van der Waals surface area contributed by atoms with E-state index in [-0.39, 0.29) is 5.25 Å². The van der Waals surface area contributed by atoms with E-state index in [1.165, 1.54) is 18.4 Å². The highest BCUT2D eigenvalue weighted by atomic mass is 32.2. The van der Waals surface area contributed by atoms with Crippen molar-refractivity contribution in [3.05, 3.63) is 29.3 Å². The summed E-state index contributed by atoms with van der Waals surface area (Å²) in [5.41, 5.74) is 2.36. The highest BCUT2D eigenvalue weighted by molar-refractivity contribution is 8.00. The van der Waals surface area contributed by atoms with Gasteiger partial charge in [-0.05, 0) is 48.3 Å². The smallest absolute Gasteiger partial charge is 0.235 e. The highest BCUT2D eigenvalue weighted by Crippen LogP contribution is 2.29. The molecule has 0 bridgehead atoms. The maximum atomic E-state index is 12.5. The Kier molecular flexibility index (Phi) is 3.69. The molecule has 2 aliphatic rings. The van der Waals surface area contributed by atoms with Crippen molar-refractivity contribution in [1.29, 1.82) is 0 Å². The second-order valence-electron chi connectivity index (χ2n) is 5.32. The van der Waals surface area contributed by atoms with Crippen molar-refractivity contribution in [2.45, 2.75) is 37.5 Å². The fourth-order valence-corrected chi connectivity index (χ4v) is 4.15. The molecular weight excluding hydrogens is 258 g/mol. The first-order valence-electron chi connectivity index (χ1n) is 6.95. The van der Waals surface area contributed by atoms with Crippen LogP contribution < -0.4 is 0 Å². The molecule has 1 unspecified atom stereocenters. The van der Waals surface area contributed by atoms with E-state index in [1.807, 2.05) is 22.7 Å². The number of benzene rings is 1. The summed E-state index contributed by atoms with van der Waals surface area (Å²) in [6, 6.07) is 5.50. The van der Waals surface area contributed by atoms with Crippen molar-refractivity contribution < 1.29 is 9.90 Å². The highest BCUT2D eigenvalue weighted by Gasteiger charge is 2.28. The minimum absolute atomic E-state index is 0.160. The molecule has 2 heterocycles. The molecule has 1 N–H and O–H groups in total. The zero-order valence-corrected chi connectivity index (χ0v) is 11.8. The summed E-state index contributed by atoms with van der Waals surface area (Å²) in [6.07, 6.45) is 4.34. The van der Waals surface area contributed by atoms with Crippen LogP contribution in [0.1, 0.15) is 30.4 Å². The maximum Gasteiger partial charge on any atom is 0.235 e. The molecule has 1 aromatic rings. The number of hydrogen-bond donors (Lipinski definition) is 1. The van der Waals surface area contributed by atoms with Crippen molar-refractivity contribution in [3.8, 4) is 5.75 Å². The van der Waals surface area contributed by atoms with Crippen molar-refractivity contribution >= 4 is 17.7 Å². The normalized spacial score (nSPS) is 22.9. The molecule has 1 atom stereocenters. The van der Waals surface area contributed by atoms with Crippen LogP contribution in [0.5, 0.6) is 5.75 Å². The first-order chi connectivity index (χ1) is 9.24. The SMILES string of the molecule is O=C(C1CCCCS1)N1CCc2ccc(O)cc2C1. The number of fused-ring (bicyclic) bond motifs is 1. The minimum Gasteiger partial charge on any atom is -0.508 e. The molecule has 1 fully saturated rings. The number of thioether (sulfide) groups is 1. The summed E-state index contributed by atoms with van der Waals surface area (Å²) in [4.78, 5) is 14.5. The molecule has 0 aromatic heterocycles. The minimum atomic E-state index is 0.160. The summed E-state index contributed by atoms with van der Waals surface area (Å²) in [5, 5.41) is 9.71. The van der Waals surface area contributed by atoms with Crippen LogP contribution in [0, 0.1) is 0 Å². The van der Waals surface area contributed by atoms with E-state index in [9.17, 15) is 9.90 Å². The van der Waals surface area contributed by atoms with Crippen molar-refractivity contribution in [3.63, 3.8) is 0 Å². The Bertz CT molecular complexity index is 483. The average molecular weight is 277 g/mol. The van der Waals surface area contributed by atoms with E-state index >= 15 is 0 Å². The number of aromatic hydroxyl groups is 1. The lowest BCUT2D eigenvalue weighted by molar-refractivity contribution is -0.131. The number of phenols is 1. The standard InChI is InChI=1S/C15H19NO2S/c17-13-5-4-11-6-7-16(10-12(11)9-13)15(18)14-3-1-2-8-19-14/h4-5,9,14,17H,1-3,6-8,10H2. The second-order valence-corrected chi connectivity index (χ2v) is 6.63. The summed E-state index contributed by atoms with van der Waals surface area (Å²) in [7, 11) is 0. The van der Waals surface area contributed by atoms with Gasteiger partial charge in [-0.25, -0.2) is 0 Å². The number of carbonyl (C=O) groups is 1. The second kappa shape index (κ2) is 5.45. The van der Waals surface area contributed by atoms with Gasteiger partial charge in [0.05, 0.1) is 5.25 Å². The first-order valence-corrected chi connectivity index (χ1v) is 8.00. The van der Waals surface area contributed by atoms with Gasteiger partial charge in [-0.3, -0.25) is 4.79 Å². The van der Waals surface area contributed by atoms with Gasteiger partial charge in [0, 0.05) is 13.1 Å². The van der Waals surface area contributed by atoms with Crippen LogP contribution in [0.4, 0.5) is 0 Å². The molecule has 1 aromatic carbocycles. The van der Waals surface area contributed by atoms with Crippen LogP contribution in [0.25, 0.3) is 0 Å². The van der Waals surface area contributed by atoms with E-state index in [2.05, 4.69) is 0 Å². The van der Waals surface area contributed by atoms with Crippen LogP contribution in [-0.4, -0.2) is 33.5 Å². The van der Waals surface area contributed by atoms with Crippen LogP contribution in [0.3, 0.4) is 0 Å². The topological polar surface area (TPSA) is 40.5 Å². The Morgan fingerprint density at radius 2 is 2.21 bits per heavy atom. The predicted octanol–water partition coefficient (Wildman–Crippen LogP) is 2.56. The van der Waals surface area contributed by atoms with Crippen LogP contribution >= 0.6 is 11.8 Å². The third-order valence-corrected chi connectivity index (χ3v) is 5.33. The largest absolute Gasteiger partial charge is 0.508 e. The summed E-state index contributed by atoms with van der Waals surface area (Å²) in [6.45, 7) is 1.47. The van der Waals surface area contributed by atoms with Gasteiger partial charge in [0.25, 0.3) is 0 Å². The summed E-state index contributed by atoms with van der Waals surface area (Å²) >= 11 is 1.81. The monoisotopic (exact) mass is 277 g/mol. The number of nitrogens with zero attached hydrogens (tertiary/aromatic N) is 1. The molecule has 3 rings (SSSR count). The summed E-state index contributed by atoms with van der Waals surface area (Å²) in [5.74, 6) is 1.69. The van der Waals surface area contributed by atoms with Gasteiger partial charge in [0.2, 0.25) is 5.91 Å². The molecule has 3 nitrogen and oxygen atoms in total. The molecule has 0 spiro atoms. The van der Waals surface area contributed by atoms with Crippen molar-refractivity contribution in [1.82, 2.24) is 4.90 Å². The lowest BCUT2D eigenvalue weighted by Gasteiger charge is -2.32. The Balaban J connectivity index is 1.72. The lowest BCUT2D eigenvalue weighted by Crippen LogP contribution is -2.41. The van der Waals surface area contributed by atoms with Crippen LogP contribution in [0.15, 0.2) is 18.2 Å². The van der Waals surface area contributed by atoms with Gasteiger partial charge in [-0.15, -0.1) is 11.8 Å². The zero-order valence-electron chi connectivity index (χ0n) is 11.0. The van der Waals surface area contributed by atoms with Gasteiger partial charge in [-0.1, -0.05) is 12.5 Å². The molecule has 4 heteroatoms. The van der Waals surface area contributed by atoms with E-state index in [0.29, 0.717) is 18.2 Å². The molecule has 1 amide bonds. The Labute approximate surface area is 118 Å². The third-order valence-electron chi connectivity index (χ3n) is 3.97. The number of rotatable bonds is 1. The van der Waals surface area contributed by atoms with Crippen LogP contribution in [0.2, 0.25) is 0 Å². The molecule has 19 heavy (non-hydrogen) atoms. The molecule has 1 saturated heterocycles. The van der Waals surface area contributed by atoms with E-state index in [4.69, 9.17) is 0 Å². The molecule has 0 radical (unpaired) electrons. The Morgan fingerprint density at radius 3 is 3.00 bits per heavy atom. The van der Waals surface area contributed by atoms with E-state index in [1.54, 1.807) is 12.1 Å². The first kappa shape index (κ1) is 12.9. The van der Waals surface area contributed by atoms with Gasteiger partial charge in [-0.2, -0.15) is 0 Å². The summed E-state index contributed by atoms with van der Waals surface area (Å²) < 4.78 is 0. The van der Waals surface area contributed by atoms with Gasteiger partial charge in [0.1, 0.15) is 5.75 Å². The van der Waals surface area contributed by atoms with Crippen molar-refractivity contribution in [2.24, 2.45) is 0 Å². The number of carbonyl (C=O) groups excluding carboxylic acids is 1. The predicted molar refractivity (Wildman–Crippen MR) is 77.3 cm³/mol. The lowest BCUT2D eigenvalue weighted by atomic mass is 9.99. The molecule has 2 aliphatic heterocycles. The zero-order chi connectivity index (χ0) is 13.2. The van der Waals surface area contributed by atoms with Crippen molar-refractivity contribution in [2.75, 3.05) is 12.3 Å². The van der Waals surface area contributed by atoms with Crippen LogP contribution in [-0.2, 0) is 17.8 Å². The number of hydrogen-bond acceptors (Lipinski definition) is 3. The fraction of sp³-hybridized carbons (Fsp3) is 0.533. The Morgan fingerprint density at radius 1 is 1.32 bits per heavy atom. The number of amides is 1. The van der Waals surface area contributed by atoms with E-state index in [0.717, 1.165) is 30.7 Å². The maximum absolute atomic E-state index is 12.5. The third kappa shape index (κ3) is 2.73. The molecular formula is C15H19NO2S.